The normalized spacial score (nSPS) is 10.1. The molecule has 0 aliphatic rings. The summed E-state index contributed by atoms with van der Waals surface area (Å²) >= 11 is 4.79. The number of hydrogen-bond donors (Lipinski definition) is 1. The van der Waals surface area contributed by atoms with Gasteiger partial charge in [0.05, 0.1) is 7.11 Å². The maximum atomic E-state index is 13.8. The van der Waals surface area contributed by atoms with Crippen molar-refractivity contribution in [2.24, 2.45) is 5.73 Å². The predicted octanol–water partition coefficient (Wildman–Crippen LogP) is 3.05. The Bertz CT molecular complexity index is 631. The van der Waals surface area contributed by atoms with E-state index < -0.39 is 5.82 Å². The molecule has 0 aliphatic heterocycles. The van der Waals surface area contributed by atoms with Gasteiger partial charge >= 0.3 is 0 Å². The summed E-state index contributed by atoms with van der Waals surface area (Å²) in [5.41, 5.74) is 6.81. The molecule has 0 unspecified atom stereocenters. The number of ether oxygens (including phenoxy) is 2. The molecule has 104 valence electrons. The van der Waals surface area contributed by atoms with E-state index in [1.54, 1.807) is 13.2 Å². The highest BCUT2D eigenvalue weighted by atomic mass is 32.1. The lowest BCUT2D eigenvalue weighted by Gasteiger charge is -2.09. The van der Waals surface area contributed by atoms with Crippen molar-refractivity contribution in [2.75, 3.05) is 7.11 Å². The second kappa shape index (κ2) is 6.34. The van der Waals surface area contributed by atoms with Gasteiger partial charge in [0.15, 0.2) is 11.6 Å². The summed E-state index contributed by atoms with van der Waals surface area (Å²) in [6.07, 6.45) is 0. The molecule has 0 atom stereocenters. The minimum atomic E-state index is -0.488. The van der Waals surface area contributed by atoms with Crippen LogP contribution in [-0.2, 0) is 6.61 Å². The van der Waals surface area contributed by atoms with Crippen LogP contribution in [0.25, 0.3) is 0 Å². The largest absolute Gasteiger partial charge is 0.497 e. The highest BCUT2D eigenvalue weighted by molar-refractivity contribution is 7.80. The molecule has 2 aromatic carbocycles. The van der Waals surface area contributed by atoms with Crippen molar-refractivity contribution in [3.8, 4) is 11.5 Å². The molecule has 0 aromatic heterocycles. The third kappa shape index (κ3) is 3.45. The molecule has 0 amide bonds. The Morgan fingerprint density at radius 3 is 2.70 bits per heavy atom. The van der Waals surface area contributed by atoms with Gasteiger partial charge in [-0.2, -0.15) is 0 Å². The van der Waals surface area contributed by atoms with Crippen molar-refractivity contribution in [2.45, 2.75) is 6.61 Å². The van der Waals surface area contributed by atoms with Gasteiger partial charge in [-0.25, -0.2) is 4.39 Å². The number of nitrogens with two attached hydrogens (primary N) is 1. The van der Waals surface area contributed by atoms with Crippen LogP contribution in [-0.4, -0.2) is 12.1 Å². The van der Waals surface area contributed by atoms with Gasteiger partial charge in [0.2, 0.25) is 0 Å². The Hall–Kier alpha value is -2.14. The van der Waals surface area contributed by atoms with E-state index in [0.29, 0.717) is 5.56 Å². The smallest absolute Gasteiger partial charge is 0.165 e. The van der Waals surface area contributed by atoms with Crippen molar-refractivity contribution in [3.63, 3.8) is 0 Å². The zero-order valence-electron chi connectivity index (χ0n) is 10.9. The molecular weight excluding hydrogens is 277 g/mol. The summed E-state index contributed by atoms with van der Waals surface area (Å²) in [6.45, 7) is 0.251. The van der Waals surface area contributed by atoms with Crippen LogP contribution in [0.4, 0.5) is 4.39 Å². The average molecular weight is 291 g/mol. The van der Waals surface area contributed by atoms with Crippen LogP contribution in [0.5, 0.6) is 11.5 Å². The fourth-order valence-electron chi connectivity index (χ4n) is 1.69. The average Bonchev–Trinajstić information content (AvgIpc) is 2.46. The van der Waals surface area contributed by atoms with E-state index in [-0.39, 0.29) is 17.3 Å². The van der Waals surface area contributed by atoms with Gasteiger partial charge < -0.3 is 15.2 Å². The van der Waals surface area contributed by atoms with E-state index in [9.17, 15) is 4.39 Å². The van der Waals surface area contributed by atoms with Crippen LogP contribution in [0, 0.1) is 5.82 Å². The van der Waals surface area contributed by atoms with Crippen LogP contribution in [0.3, 0.4) is 0 Å². The van der Waals surface area contributed by atoms with Crippen molar-refractivity contribution < 1.29 is 13.9 Å². The van der Waals surface area contributed by atoms with Crippen LogP contribution in [0.2, 0.25) is 0 Å². The molecule has 3 nitrogen and oxygen atoms in total. The molecule has 2 rings (SSSR count). The summed E-state index contributed by atoms with van der Waals surface area (Å²) < 4.78 is 24.4. The van der Waals surface area contributed by atoms with E-state index in [1.807, 2.05) is 24.3 Å². The molecule has 20 heavy (non-hydrogen) atoms. The highest BCUT2D eigenvalue weighted by Gasteiger charge is 2.07. The van der Waals surface area contributed by atoms with Gasteiger partial charge in [-0.15, -0.1) is 0 Å². The summed E-state index contributed by atoms with van der Waals surface area (Å²) in [5.74, 6) is 0.404. The Morgan fingerprint density at radius 1 is 1.25 bits per heavy atom. The van der Waals surface area contributed by atoms with Gasteiger partial charge in [-0.3, -0.25) is 0 Å². The molecule has 0 saturated heterocycles. The van der Waals surface area contributed by atoms with Crippen molar-refractivity contribution in [1.82, 2.24) is 0 Å². The number of hydrogen-bond acceptors (Lipinski definition) is 3. The Balaban J connectivity index is 2.08. The summed E-state index contributed by atoms with van der Waals surface area (Å²) in [6, 6.07) is 11.8. The quantitative estimate of drug-likeness (QED) is 0.860. The van der Waals surface area contributed by atoms with Crippen LogP contribution in [0.15, 0.2) is 42.5 Å². The fourth-order valence-corrected chi connectivity index (χ4v) is 1.82. The Morgan fingerprint density at radius 2 is 2.05 bits per heavy atom. The van der Waals surface area contributed by atoms with Gasteiger partial charge in [0.25, 0.3) is 0 Å². The van der Waals surface area contributed by atoms with Gasteiger partial charge in [-0.1, -0.05) is 24.4 Å². The lowest BCUT2D eigenvalue weighted by molar-refractivity contribution is 0.289. The first-order chi connectivity index (χ1) is 9.60. The standard InChI is InChI=1S/C15H14FNO2S/c1-18-12-4-2-3-10(7-12)9-19-14-6-5-11(15(17)20)8-13(14)16/h2-8H,9H2,1H3,(H2,17,20). The molecule has 0 radical (unpaired) electrons. The monoisotopic (exact) mass is 291 g/mol. The molecule has 0 bridgehead atoms. The maximum Gasteiger partial charge on any atom is 0.165 e. The Labute approximate surface area is 122 Å². The molecule has 0 heterocycles. The van der Waals surface area contributed by atoms with E-state index >= 15 is 0 Å². The molecule has 2 aromatic rings. The Kier molecular flexibility index (Phi) is 4.53. The van der Waals surface area contributed by atoms with Gasteiger partial charge in [0, 0.05) is 5.56 Å². The molecule has 0 aliphatic carbocycles. The fraction of sp³-hybridized carbons (Fsp3) is 0.133. The maximum absolute atomic E-state index is 13.8. The second-order valence-corrected chi connectivity index (χ2v) is 4.59. The van der Waals surface area contributed by atoms with E-state index in [2.05, 4.69) is 0 Å². The highest BCUT2D eigenvalue weighted by Crippen LogP contribution is 2.20. The van der Waals surface area contributed by atoms with E-state index in [0.717, 1.165) is 11.3 Å². The molecule has 0 spiro atoms. The first kappa shape index (κ1) is 14.3. The third-order valence-electron chi connectivity index (χ3n) is 2.74. The number of thiocarbonyl (C=S) groups is 1. The second-order valence-electron chi connectivity index (χ2n) is 4.15. The first-order valence-corrected chi connectivity index (χ1v) is 6.36. The number of rotatable bonds is 5. The molecule has 5 heteroatoms. The summed E-state index contributed by atoms with van der Waals surface area (Å²) in [4.78, 5) is 0.156. The zero-order chi connectivity index (χ0) is 14.5. The lowest BCUT2D eigenvalue weighted by Crippen LogP contribution is -2.09. The lowest BCUT2D eigenvalue weighted by atomic mass is 10.2. The topological polar surface area (TPSA) is 44.5 Å². The number of benzene rings is 2. The van der Waals surface area contributed by atoms with Crippen LogP contribution < -0.4 is 15.2 Å². The van der Waals surface area contributed by atoms with E-state index in [4.69, 9.17) is 27.4 Å². The number of halogens is 1. The first-order valence-electron chi connectivity index (χ1n) is 5.95. The molecule has 0 saturated carbocycles. The van der Waals surface area contributed by atoms with Crippen molar-refractivity contribution >= 4 is 17.2 Å². The van der Waals surface area contributed by atoms with Crippen molar-refractivity contribution in [3.05, 3.63) is 59.4 Å². The van der Waals surface area contributed by atoms with E-state index in [1.165, 1.54) is 12.1 Å². The van der Waals surface area contributed by atoms with Gasteiger partial charge in [0.1, 0.15) is 17.3 Å². The summed E-state index contributed by atoms with van der Waals surface area (Å²) in [7, 11) is 1.59. The summed E-state index contributed by atoms with van der Waals surface area (Å²) in [5, 5.41) is 0. The minimum Gasteiger partial charge on any atom is -0.497 e. The third-order valence-corrected chi connectivity index (χ3v) is 2.98. The van der Waals surface area contributed by atoms with Gasteiger partial charge in [-0.05, 0) is 35.9 Å². The van der Waals surface area contributed by atoms with Crippen molar-refractivity contribution in [1.29, 1.82) is 0 Å². The SMILES string of the molecule is COc1cccc(COc2ccc(C(N)=S)cc2F)c1. The molecule has 2 N–H and O–H groups in total. The number of methoxy groups -OCH3 is 1. The molecule has 0 fully saturated rings. The minimum absolute atomic E-state index is 0.156. The molecular formula is C15H14FNO2S. The van der Waals surface area contributed by atoms with Crippen LogP contribution in [0.1, 0.15) is 11.1 Å². The van der Waals surface area contributed by atoms with Crippen LogP contribution >= 0.6 is 12.2 Å². The predicted molar refractivity (Wildman–Crippen MR) is 79.6 cm³/mol. The zero-order valence-corrected chi connectivity index (χ0v) is 11.7.